The van der Waals surface area contributed by atoms with Crippen LogP contribution in [0.15, 0.2) is 11.3 Å². The van der Waals surface area contributed by atoms with Crippen LogP contribution in [0, 0.1) is 5.92 Å². The van der Waals surface area contributed by atoms with Crippen LogP contribution in [0.5, 0.6) is 0 Å². The largest absolute Gasteiger partial charge is 0.525 e. The lowest BCUT2D eigenvalue weighted by Crippen LogP contribution is -2.41. The molecule has 1 atom stereocenters. The Morgan fingerprint density at radius 1 is 1.09 bits per heavy atom. The zero-order valence-corrected chi connectivity index (χ0v) is 15.0. The Hall–Kier alpha value is -0.385. The van der Waals surface area contributed by atoms with Gasteiger partial charge in [-0.3, -0.25) is 0 Å². The van der Waals surface area contributed by atoms with Crippen molar-refractivity contribution in [2.45, 2.75) is 89.9 Å². The van der Waals surface area contributed by atoms with Crippen molar-refractivity contribution in [2.24, 2.45) is 5.92 Å². The Morgan fingerprint density at radius 2 is 1.70 bits per heavy atom. The highest BCUT2D eigenvalue weighted by Crippen LogP contribution is 2.41. The zero-order valence-electron chi connectivity index (χ0n) is 15.0. The van der Waals surface area contributed by atoms with Crippen molar-refractivity contribution in [3.63, 3.8) is 0 Å². The quantitative estimate of drug-likeness (QED) is 0.710. The van der Waals surface area contributed by atoms with Crippen LogP contribution in [0.3, 0.4) is 0 Å². The van der Waals surface area contributed by atoms with Gasteiger partial charge in [-0.05, 0) is 84.1 Å². The van der Waals surface area contributed by atoms with Gasteiger partial charge in [-0.15, -0.1) is 0 Å². The van der Waals surface area contributed by atoms with E-state index in [2.05, 4.69) is 0 Å². The number of hydrogen-bond donors (Lipinski definition) is 0. The summed E-state index contributed by atoms with van der Waals surface area (Å²) in [4.78, 5) is 0. The average molecular weight is 324 g/mol. The first-order valence-electron chi connectivity index (χ1n) is 9.13. The summed E-state index contributed by atoms with van der Waals surface area (Å²) in [5.41, 5.74) is -0.245. The van der Waals surface area contributed by atoms with Gasteiger partial charge in [-0.1, -0.05) is 0 Å². The summed E-state index contributed by atoms with van der Waals surface area (Å²) >= 11 is 0. The monoisotopic (exact) mass is 324 g/mol. The molecule has 3 nitrogen and oxygen atoms in total. The molecule has 1 unspecified atom stereocenters. The van der Waals surface area contributed by atoms with Gasteiger partial charge in [0.2, 0.25) is 0 Å². The van der Waals surface area contributed by atoms with E-state index >= 15 is 0 Å². The minimum absolute atomic E-state index is 0.181. The molecular weight excluding hydrogens is 294 g/mol. The maximum atomic E-state index is 14.8. The van der Waals surface area contributed by atoms with E-state index in [1.54, 1.807) is 0 Å². The summed E-state index contributed by atoms with van der Waals surface area (Å²) in [6.07, 6.45) is 7.75. The van der Waals surface area contributed by atoms with E-state index in [-0.39, 0.29) is 5.73 Å². The van der Waals surface area contributed by atoms with Crippen molar-refractivity contribution in [3.8, 4) is 0 Å². The van der Waals surface area contributed by atoms with Crippen LogP contribution in [-0.2, 0) is 14.0 Å². The third-order valence-electron chi connectivity index (χ3n) is 6.13. The first-order chi connectivity index (χ1) is 10.8. The minimum atomic E-state index is -0.829. The molecule has 5 heteroatoms. The van der Waals surface area contributed by atoms with Gasteiger partial charge in [0.05, 0.1) is 17.3 Å². The second-order valence-electron chi connectivity index (χ2n) is 8.35. The average Bonchev–Trinajstić information content (AvgIpc) is 3.05. The molecule has 130 valence electrons. The van der Waals surface area contributed by atoms with E-state index in [1.807, 2.05) is 27.7 Å². The molecule has 3 rings (SSSR count). The van der Waals surface area contributed by atoms with E-state index in [0.29, 0.717) is 12.0 Å². The fourth-order valence-corrected chi connectivity index (χ4v) is 3.82. The first kappa shape index (κ1) is 17.4. The van der Waals surface area contributed by atoms with E-state index in [9.17, 15) is 4.39 Å². The first-order valence-corrected chi connectivity index (χ1v) is 9.13. The summed E-state index contributed by atoms with van der Waals surface area (Å²) in [5, 5.41) is 0. The molecule has 0 aromatic carbocycles. The van der Waals surface area contributed by atoms with Crippen molar-refractivity contribution in [3.05, 3.63) is 11.3 Å². The molecule has 23 heavy (non-hydrogen) atoms. The molecular formula is C18H30BFO3. The number of ether oxygens (including phenoxy) is 1. The van der Waals surface area contributed by atoms with Crippen LogP contribution in [0.4, 0.5) is 4.39 Å². The second kappa shape index (κ2) is 6.49. The Kier molecular flexibility index (Phi) is 4.92. The van der Waals surface area contributed by atoms with Gasteiger partial charge in [0.25, 0.3) is 0 Å². The molecule has 0 bridgehead atoms. The van der Waals surface area contributed by atoms with Gasteiger partial charge in [-0.25, -0.2) is 4.39 Å². The van der Waals surface area contributed by atoms with Crippen LogP contribution in [0.25, 0.3) is 0 Å². The predicted molar refractivity (Wildman–Crippen MR) is 89.8 cm³/mol. The molecule has 2 aliphatic heterocycles. The zero-order chi connectivity index (χ0) is 16.7. The van der Waals surface area contributed by atoms with Crippen molar-refractivity contribution < 1.29 is 18.4 Å². The third-order valence-corrected chi connectivity index (χ3v) is 6.13. The van der Waals surface area contributed by atoms with E-state index in [0.717, 1.165) is 44.3 Å². The summed E-state index contributed by atoms with van der Waals surface area (Å²) in [5.74, 6) is 0.674. The molecule has 2 saturated heterocycles. The molecule has 3 aliphatic rings. The number of rotatable bonds is 3. The molecule has 0 amide bonds. The highest BCUT2D eigenvalue weighted by Gasteiger charge is 2.53. The van der Waals surface area contributed by atoms with Crippen LogP contribution >= 0.6 is 0 Å². The number of allylic oxidation sites excluding steroid dienone is 1. The molecule has 0 aromatic rings. The molecule has 1 saturated carbocycles. The highest BCUT2D eigenvalue weighted by atomic mass is 19.1. The topological polar surface area (TPSA) is 27.7 Å². The lowest BCUT2D eigenvalue weighted by Gasteiger charge is -2.32. The Morgan fingerprint density at radius 3 is 2.22 bits per heavy atom. The smallest absolute Gasteiger partial charge is 0.398 e. The van der Waals surface area contributed by atoms with Crippen molar-refractivity contribution in [2.75, 3.05) is 6.61 Å². The molecule has 0 radical (unpaired) electrons. The molecule has 0 aromatic heterocycles. The fraction of sp³-hybridized carbons (Fsp3) is 0.889. The SMILES string of the molecule is CC1(C)OB(C(F)=C2CCC(CC3CCCO3)CC2)OC1(C)C. The van der Waals surface area contributed by atoms with Gasteiger partial charge >= 0.3 is 7.12 Å². The van der Waals surface area contributed by atoms with Crippen molar-refractivity contribution >= 4 is 7.12 Å². The van der Waals surface area contributed by atoms with Gasteiger partial charge < -0.3 is 14.0 Å². The maximum Gasteiger partial charge on any atom is 0.525 e. The second-order valence-corrected chi connectivity index (χ2v) is 8.35. The summed E-state index contributed by atoms with van der Waals surface area (Å²) in [6, 6.07) is 0. The maximum absolute atomic E-state index is 14.8. The van der Waals surface area contributed by atoms with Gasteiger partial charge in [-0.2, -0.15) is 0 Å². The normalized spacial score (nSPS) is 33.3. The lowest BCUT2D eigenvalue weighted by atomic mass is 9.76. The van der Waals surface area contributed by atoms with Gasteiger partial charge in [0.1, 0.15) is 5.73 Å². The number of hydrogen-bond acceptors (Lipinski definition) is 3. The summed E-state index contributed by atoms with van der Waals surface area (Å²) in [7, 11) is -0.829. The summed E-state index contributed by atoms with van der Waals surface area (Å²) in [6.45, 7) is 8.76. The molecule has 3 fully saturated rings. The van der Waals surface area contributed by atoms with Crippen LogP contribution in [0.1, 0.15) is 72.6 Å². The Bertz CT molecular complexity index is 443. The van der Waals surface area contributed by atoms with Crippen molar-refractivity contribution in [1.29, 1.82) is 0 Å². The standard InChI is InChI=1S/C18H30BFO3/c1-17(2)18(3,4)23-19(22-17)16(20)14-9-7-13(8-10-14)12-15-6-5-11-21-15/h13,15H,5-12H2,1-4H3. The highest BCUT2D eigenvalue weighted by molar-refractivity contribution is 6.53. The predicted octanol–water partition coefficient (Wildman–Crippen LogP) is 4.60. The van der Waals surface area contributed by atoms with Crippen LogP contribution in [0.2, 0.25) is 0 Å². The Balaban J connectivity index is 1.56. The van der Waals surface area contributed by atoms with E-state index < -0.39 is 18.3 Å². The molecule has 2 heterocycles. The fourth-order valence-electron chi connectivity index (χ4n) is 3.82. The van der Waals surface area contributed by atoms with Crippen LogP contribution < -0.4 is 0 Å². The van der Waals surface area contributed by atoms with Gasteiger partial charge in [0.15, 0.2) is 0 Å². The van der Waals surface area contributed by atoms with Crippen LogP contribution in [-0.4, -0.2) is 31.0 Å². The molecule has 0 N–H and O–H groups in total. The third kappa shape index (κ3) is 3.67. The molecule has 1 aliphatic carbocycles. The van der Waals surface area contributed by atoms with E-state index in [4.69, 9.17) is 14.0 Å². The Labute approximate surface area is 140 Å². The molecule has 0 spiro atoms. The number of halogens is 1. The minimum Gasteiger partial charge on any atom is -0.398 e. The lowest BCUT2D eigenvalue weighted by molar-refractivity contribution is 0.00578. The van der Waals surface area contributed by atoms with Crippen molar-refractivity contribution in [1.82, 2.24) is 0 Å². The summed E-state index contributed by atoms with van der Waals surface area (Å²) < 4.78 is 32.2. The van der Waals surface area contributed by atoms with Gasteiger partial charge in [0, 0.05) is 6.61 Å². The van der Waals surface area contributed by atoms with E-state index in [1.165, 1.54) is 12.8 Å².